The Morgan fingerprint density at radius 2 is 2.19 bits per heavy atom. The van der Waals surface area contributed by atoms with Crippen LogP contribution in [-0.4, -0.2) is 18.1 Å². The topological polar surface area (TPSA) is 12.0 Å². The minimum atomic E-state index is 0.436. The molecule has 0 aliphatic heterocycles. The van der Waals surface area contributed by atoms with Crippen LogP contribution in [0.15, 0.2) is 36.9 Å². The van der Waals surface area contributed by atoms with E-state index in [1.807, 2.05) is 17.8 Å². The summed E-state index contributed by atoms with van der Waals surface area (Å²) in [4.78, 5) is 0. The molecule has 1 atom stereocenters. The van der Waals surface area contributed by atoms with Crippen LogP contribution in [0.25, 0.3) is 0 Å². The van der Waals surface area contributed by atoms with Crippen molar-refractivity contribution in [3.63, 3.8) is 0 Å². The third-order valence-electron chi connectivity index (χ3n) is 2.59. The standard InChI is InChI=1S/C14H21NS/c1-4-10-16-11-9-15-13(3)14-8-6-5-7-12(14)2/h4-8,13,15H,1,9-11H2,2-3H3. The van der Waals surface area contributed by atoms with Gasteiger partial charge in [-0.15, -0.1) is 6.58 Å². The molecule has 0 aliphatic rings. The molecular formula is C14H21NS. The Bertz CT molecular complexity index is 322. The summed E-state index contributed by atoms with van der Waals surface area (Å²) in [7, 11) is 0. The number of thioether (sulfide) groups is 1. The molecule has 88 valence electrons. The summed E-state index contributed by atoms with van der Waals surface area (Å²) in [5.74, 6) is 2.18. The quantitative estimate of drug-likeness (QED) is 0.573. The summed E-state index contributed by atoms with van der Waals surface area (Å²) in [6.45, 7) is 9.15. The molecule has 16 heavy (non-hydrogen) atoms. The van der Waals surface area contributed by atoms with Crippen LogP contribution in [0.1, 0.15) is 24.1 Å². The Labute approximate surface area is 103 Å². The van der Waals surface area contributed by atoms with Crippen LogP contribution in [-0.2, 0) is 0 Å². The van der Waals surface area contributed by atoms with Crippen molar-refractivity contribution in [3.05, 3.63) is 48.0 Å². The van der Waals surface area contributed by atoms with E-state index in [1.165, 1.54) is 11.1 Å². The Kier molecular flexibility index (Phi) is 6.27. The molecule has 1 nitrogen and oxygen atoms in total. The highest BCUT2D eigenvalue weighted by Gasteiger charge is 2.05. The lowest BCUT2D eigenvalue weighted by Crippen LogP contribution is -2.22. The number of nitrogens with one attached hydrogen (secondary N) is 1. The van der Waals surface area contributed by atoms with Gasteiger partial charge in [0.1, 0.15) is 0 Å². The van der Waals surface area contributed by atoms with E-state index >= 15 is 0 Å². The lowest BCUT2D eigenvalue weighted by Gasteiger charge is -2.16. The first kappa shape index (κ1) is 13.3. The molecule has 0 bridgehead atoms. The van der Waals surface area contributed by atoms with E-state index in [9.17, 15) is 0 Å². The summed E-state index contributed by atoms with van der Waals surface area (Å²) < 4.78 is 0. The predicted octanol–water partition coefficient (Wildman–Crippen LogP) is 3.56. The highest BCUT2D eigenvalue weighted by Crippen LogP contribution is 2.16. The van der Waals surface area contributed by atoms with Crippen LogP contribution in [0.4, 0.5) is 0 Å². The zero-order valence-corrected chi connectivity index (χ0v) is 11.0. The molecule has 0 aromatic heterocycles. The molecule has 0 heterocycles. The molecule has 0 saturated carbocycles. The fraction of sp³-hybridized carbons (Fsp3) is 0.429. The largest absolute Gasteiger partial charge is 0.309 e. The van der Waals surface area contributed by atoms with Crippen molar-refractivity contribution >= 4 is 11.8 Å². The smallest absolute Gasteiger partial charge is 0.0294 e. The first-order chi connectivity index (χ1) is 7.75. The minimum absolute atomic E-state index is 0.436. The molecule has 2 heteroatoms. The van der Waals surface area contributed by atoms with Gasteiger partial charge in [-0.05, 0) is 25.0 Å². The highest BCUT2D eigenvalue weighted by molar-refractivity contribution is 7.99. The van der Waals surface area contributed by atoms with Gasteiger partial charge in [0.15, 0.2) is 0 Å². The lowest BCUT2D eigenvalue weighted by molar-refractivity contribution is 0.598. The molecule has 0 radical (unpaired) electrons. The van der Waals surface area contributed by atoms with Gasteiger partial charge in [-0.2, -0.15) is 11.8 Å². The first-order valence-corrected chi connectivity index (χ1v) is 6.88. The molecule has 1 unspecified atom stereocenters. The Morgan fingerprint density at radius 3 is 2.88 bits per heavy atom. The van der Waals surface area contributed by atoms with Crippen LogP contribution in [0.3, 0.4) is 0 Å². The maximum atomic E-state index is 3.71. The average molecular weight is 235 g/mol. The third kappa shape index (κ3) is 4.42. The van der Waals surface area contributed by atoms with E-state index < -0.39 is 0 Å². The number of rotatable bonds is 7. The maximum absolute atomic E-state index is 3.71. The van der Waals surface area contributed by atoms with Crippen molar-refractivity contribution < 1.29 is 0 Å². The van der Waals surface area contributed by atoms with Gasteiger partial charge in [-0.25, -0.2) is 0 Å². The second-order valence-electron chi connectivity index (χ2n) is 3.90. The fourth-order valence-corrected chi connectivity index (χ4v) is 2.29. The van der Waals surface area contributed by atoms with Crippen LogP contribution in [0.5, 0.6) is 0 Å². The predicted molar refractivity (Wildman–Crippen MR) is 75.1 cm³/mol. The average Bonchev–Trinajstić information content (AvgIpc) is 2.29. The lowest BCUT2D eigenvalue weighted by atomic mass is 10.0. The van der Waals surface area contributed by atoms with E-state index in [2.05, 4.69) is 50.0 Å². The van der Waals surface area contributed by atoms with E-state index in [4.69, 9.17) is 0 Å². The SMILES string of the molecule is C=CCSCCNC(C)c1ccccc1C. The van der Waals surface area contributed by atoms with Gasteiger partial charge in [-0.3, -0.25) is 0 Å². The summed E-state index contributed by atoms with van der Waals surface area (Å²) in [6.07, 6.45) is 1.95. The first-order valence-electron chi connectivity index (χ1n) is 5.73. The molecule has 0 fully saturated rings. The number of hydrogen-bond acceptors (Lipinski definition) is 2. The highest BCUT2D eigenvalue weighted by atomic mass is 32.2. The van der Waals surface area contributed by atoms with E-state index in [0.29, 0.717) is 6.04 Å². The van der Waals surface area contributed by atoms with Crippen LogP contribution in [0.2, 0.25) is 0 Å². The summed E-state index contributed by atoms with van der Waals surface area (Å²) in [5.41, 5.74) is 2.76. The van der Waals surface area contributed by atoms with Crippen molar-refractivity contribution in [2.24, 2.45) is 0 Å². The van der Waals surface area contributed by atoms with Gasteiger partial charge in [0.2, 0.25) is 0 Å². The Hall–Kier alpha value is -0.730. The summed E-state index contributed by atoms with van der Waals surface area (Å²) in [5, 5.41) is 3.54. The van der Waals surface area contributed by atoms with Crippen LogP contribution < -0.4 is 5.32 Å². The Morgan fingerprint density at radius 1 is 1.44 bits per heavy atom. The molecule has 0 spiro atoms. The Balaban J connectivity index is 2.32. The molecule has 1 aromatic rings. The van der Waals surface area contributed by atoms with Crippen LogP contribution >= 0.6 is 11.8 Å². The second kappa shape index (κ2) is 7.53. The zero-order chi connectivity index (χ0) is 11.8. The molecule has 1 rings (SSSR count). The van der Waals surface area contributed by atoms with Crippen molar-refractivity contribution in [1.82, 2.24) is 5.32 Å². The van der Waals surface area contributed by atoms with Gasteiger partial charge in [0.05, 0.1) is 0 Å². The molecule has 0 saturated heterocycles. The molecular weight excluding hydrogens is 214 g/mol. The van der Waals surface area contributed by atoms with Gasteiger partial charge < -0.3 is 5.32 Å². The van der Waals surface area contributed by atoms with Crippen molar-refractivity contribution in [2.45, 2.75) is 19.9 Å². The normalized spacial score (nSPS) is 12.4. The molecule has 1 N–H and O–H groups in total. The zero-order valence-electron chi connectivity index (χ0n) is 10.2. The number of benzene rings is 1. The van der Waals surface area contributed by atoms with Crippen LogP contribution in [0, 0.1) is 6.92 Å². The number of aryl methyl sites for hydroxylation is 1. The van der Waals surface area contributed by atoms with E-state index in [-0.39, 0.29) is 0 Å². The van der Waals surface area contributed by atoms with Gasteiger partial charge >= 0.3 is 0 Å². The summed E-state index contributed by atoms with van der Waals surface area (Å²) in [6, 6.07) is 8.99. The molecule has 1 aromatic carbocycles. The summed E-state index contributed by atoms with van der Waals surface area (Å²) >= 11 is 1.91. The third-order valence-corrected chi connectivity index (χ3v) is 3.55. The second-order valence-corrected chi connectivity index (χ2v) is 5.05. The monoisotopic (exact) mass is 235 g/mol. The number of hydrogen-bond donors (Lipinski definition) is 1. The van der Waals surface area contributed by atoms with E-state index in [1.54, 1.807) is 0 Å². The van der Waals surface area contributed by atoms with Crippen molar-refractivity contribution in [3.8, 4) is 0 Å². The van der Waals surface area contributed by atoms with Gasteiger partial charge in [0.25, 0.3) is 0 Å². The minimum Gasteiger partial charge on any atom is -0.309 e. The maximum Gasteiger partial charge on any atom is 0.0294 e. The van der Waals surface area contributed by atoms with Gasteiger partial charge in [0, 0.05) is 24.1 Å². The van der Waals surface area contributed by atoms with E-state index in [0.717, 1.165) is 18.1 Å². The molecule has 0 amide bonds. The van der Waals surface area contributed by atoms with Gasteiger partial charge in [-0.1, -0.05) is 30.3 Å². The van der Waals surface area contributed by atoms with Crippen molar-refractivity contribution in [2.75, 3.05) is 18.1 Å². The fourth-order valence-electron chi connectivity index (χ4n) is 1.70. The van der Waals surface area contributed by atoms with Crippen molar-refractivity contribution in [1.29, 1.82) is 0 Å². The molecule has 0 aliphatic carbocycles.